The van der Waals surface area contributed by atoms with E-state index in [1.54, 1.807) is 19.1 Å². The zero-order valence-corrected chi connectivity index (χ0v) is 13.2. The molecule has 0 spiro atoms. The van der Waals surface area contributed by atoms with Crippen molar-refractivity contribution in [1.82, 2.24) is 10.2 Å². The van der Waals surface area contributed by atoms with Crippen molar-refractivity contribution < 1.29 is 9.18 Å². The molecule has 2 rings (SSSR count). The molecule has 0 saturated carbocycles. The third-order valence-corrected chi connectivity index (χ3v) is 4.42. The lowest BCUT2D eigenvalue weighted by Gasteiger charge is -2.33. The van der Waals surface area contributed by atoms with Crippen molar-refractivity contribution in [2.75, 3.05) is 19.6 Å². The van der Waals surface area contributed by atoms with E-state index < -0.39 is 0 Å². The molecule has 5 heteroatoms. The topological polar surface area (TPSA) is 32.3 Å². The van der Waals surface area contributed by atoms with Gasteiger partial charge >= 0.3 is 0 Å². The summed E-state index contributed by atoms with van der Waals surface area (Å²) in [6, 6.07) is 4.80. The summed E-state index contributed by atoms with van der Waals surface area (Å²) in [4.78, 5) is 13.3. The Morgan fingerprint density at radius 3 is 3.10 bits per heavy atom. The second kappa shape index (κ2) is 7.18. The number of carbonyl (C=O) groups is 1. The molecular formula is C15H20BrFN2O. The molecular weight excluding hydrogens is 323 g/mol. The molecule has 1 amide bonds. The minimum absolute atomic E-state index is 0.0231. The van der Waals surface area contributed by atoms with E-state index in [2.05, 4.69) is 26.1 Å². The number of amides is 1. The van der Waals surface area contributed by atoms with Crippen LogP contribution in [0.3, 0.4) is 0 Å². The average molecular weight is 343 g/mol. The second-order valence-corrected chi connectivity index (χ2v) is 6.27. The fourth-order valence-electron chi connectivity index (χ4n) is 2.65. The maximum atomic E-state index is 13.3. The second-order valence-electron chi connectivity index (χ2n) is 5.42. The normalized spacial score (nSPS) is 19.9. The fraction of sp³-hybridized carbons (Fsp3) is 0.533. The van der Waals surface area contributed by atoms with Crippen LogP contribution in [-0.2, 0) is 11.3 Å². The lowest BCUT2D eigenvalue weighted by Crippen LogP contribution is -2.40. The summed E-state index contributed by atoms with van der Waals surface area (Å²) in [6.45, 7) is 5.00. The van der Waals surface area contributed by atoms with E-state index in [0.717, 1.165) is 49.1 Å². The molecule has 1 fully saturated rings. The lowest BCUT2D eigenvalue weighted by atomic mass is 9.97. The summed E-state index contributed by atoms with van der Waals surface area (Å²) >= 11 is 3.47. The van der Waals surface area contributed by atoms with Gasteiger partial charge in [-0.1, -0.05) is 15.9 Å². The van der Waals surface area contributed by atoms with Gasteiger partial charge in [0.25, 0.3) is 0 Å². The number of carbonyl (C=O) groups excluding carboxylic acids is 1. The van der Waals surface area contributed by atoms with E-state index in [0.29, 0.717) is 5.92 Å². The van der Waals surface area contributed by atoms with Gasteiger partial charge in [-0.15, -0.1) is 0 Å². The van der Waals surface area contributed by atoms with Crippen LogP contribution in [-0.4, -0.2) is 30.4 Å². The molecule has 1 aliphatic rings. The number of benzene rings is 1. The SMILES string of the molecule is CC(=O)NCC1CCCN(Cc2cc(F)ccc2Br)C1. The maximum Gasteiger partial charge on any atom is 0.216 e. The van der Waals surface area contributed by atoms with Crippen molar-refractivity contribution in [2.24, 2.45) is 5.92 Å². The van der Waals surface area contributed by atoms with E-state index in [-0.39, 0.29) is 11.7 Å². The van der Waals surface area contributed by atoms with Crippen LogP contribution in [0.5, 0.6) is 0 Å². The summed E-state index contributed by atoms with van der Waals surface area (Å²) in [5.74, 6) is 0.310. The van der Waals surface area contributed by atoms with Crippen molar-refractivity contribution in [3.8, 4) is 0 Å². The lowest BCUT2D eigenvalue weighted by molar-refractivity contribution is -0.119. The molecule has 1 aromatic rings. The standard InChI is InChI=1S/C15H20BrFN2O/c1-11(20)18-8-12-3-2-6-19(9-12)10-13-7-14(17)4-5-15(13)16/h4-5,7,12H,2-3,6,8-10H2,1H3,(H,18,20). The molecule has 1 saturated heterocycles. The van der Waals surface area contributed by atoms with Gasteiger partial charge < -0.3 is 5.32 Å². The van der Waals surface area contributed by atoms with E-state index in [4.69, 9.17) is 0 Å². The predicted molar refractivity (Wildman–Crippen MR) is 80.8 cm³/mol. The number of halogens is 2. The maximum absolute atomic E-state index is 13.3. The van der Waals surface area contributed by atoms with Gasteiger partial charge in [0.15, 0.2) is 0 Å². The predicted octanol–water partition coefficient (Wildman–Crippen LogP) is 2.94. The first kappa shape index (κ1) is 15.4. The number of nitrogens with one attached hydrogen (secondary N) is 1. The molecule has 110 valence electrons. The molecule has 1 atom stereocenters. The molecule has 0 radical (unpaired) electrons. The first-order valence-corrected chi connectivity index (χ1v) is 7.74. The van der Waals surface area contributed by atoms with Gasteiger partial charge in [-0.3, -0.25) is 9.69 Å². The molecule has 3 nitrogen and oxygen atoms in total. The molecule has 1 aliphatic heterocycles. The highest BCUT2D eigenvalue weighted by molar-refractivity contribution is 9.10. The van der Waals surface area contributed by atoms with E-state index in [9.17, 15) is 9.18 Å². The van der Waals surface area contributed by atoms with Crippen LogP contribution in [0, 0.1) is 11.7 Å². The Morgan fingerprint density at radius 2 is 2.35 bits per heavy atom. The van der Waals surface area contributed by atoms with Gasteiger partial charge in [0.05, 0.1) is 0 Å². The highest BCUT2D eigenvalue weighted by atomic mass is 79.9. The number of likely N-dealkylation sites (tertiary alicyclic amines) is 1. The van der Waals surface area contributed by atoms with Crippen molar-refractivity contribution in [3.63, 3.8) is 0 Å². The minimum atomic E-state index is -0.199. The molecule has 0 aromatic heterocycles. The molecule has 1 heterocycles. The summed E-state index contributed by atoms with van der Waals surface area (Å²) in [7, 11) is 0. The molecule has 20 heavy (non-hydrogen) atoms. The molecule has 0 bridgehead atoms. The van der Waals surface area contributed by atoms with Crippen LogP contribution in [0.2, 0.25) is 0 Å². The van der Waals surface area contributed by atoms with Crippen LogP contribution in [0.1, 0.15) is 25.3 Å². The summed E-state index contributed by atoms with van der Waals surface area (Å²) in [5.41, 5.74) is 0.977. The first-order valence-electron chi connectivity index (χ1n) is 6.95. The summed E-state index contributed by atoms with van der Waals surface area (Å²) in [5, 5.41) is 2.89. The number of nitrogens with zero attached hydrogens (tertiary/aromatic N) is 1. The minimum Gasteiger partial charge on any atom is -0.356 e. The third kappa shape index (κ3) is 4.56. The monoisotopic (exact) mass is 342 g/mol. The molecule has 1 unspecified atom stereocenters. The summed E-state index contributed by atoms with van der Waals surface area (Å²) < 4.78 is 14.2. The van der Waals surface area contributed by atoms with Crippen LogP contribution in [0.25, 0.3) is 0 Å². The zero-order chi connectivity index (χ0) is 14.5. The first-order chi connectivity index (χ1) is 9.54. The highest BCUT2D eigenvalue weighted by Gasteiger charge is 2.20. The van der Waals surface area contributed by atoms with E-state index >= 15 is 0 Å². The van der Waals surface area contributed by atoms with Crippen molar-refractivity contribution in [3.05, 3.63) is 34.1 Å². The molecule has 1 aromatic carbocycles. The van der Waals surface area contributed by atoms with Crippen LogP contribution in [0.15, 0.2) is 22.7 Å². The quantitative estimate of drug-likeness (QED) is 0.912. The Kier molecular flexibility index (Phi) is 5.54. The fourth-order valence-corrected chi connectivity index (χ4v) is 3.03. The van der Waals surface area contributed by atoms with Crippen molar-refractivity contribution >= 4 is 21.8 Å². The van der Waals surface area contributed by atoms with Gasteiger partial charge in [0.1, 0.15) is 5.82 Å². The van der Waals surface area contributed by atoms with Gasteiger partial charge in [-0.25, -0.2) is 4.39 Å². The third-order valence-electron chi connectivity index (χ3n) is 3.64. The van der Waals surface area contributed by atoms with Crippen LogP contribution >= 0.6 is 15.9 Å². The Bertz CT molecular complexity index is 481. The number of piperidine rings is 1. The Hall–Kier alpha value is -0.940. The van der Waals surface area contributed by atoms with E-state index in [1.165, 1.54) is 6.07 Å². The van der Waals surface area contributed by atoms with Gasteiger partial charge in [-0.2, -0.15) is 0 Å². The Balaban J connectivity index is 1.92. The Morgan fingerprint density at radius 1 is 1.55 bits per heavy atom. The van der Waals surface area contributed by atoms with Crippen LogP contribution < -0.4 is 5.32 Å². The van der Waals surface area contributed by atoms with Crippen LogP contribution in [0.4, 0.5) is 4.39 Å². The van der Waals surface area contributed by atoms with Crippen molar-refractivity contribution in [1.29, 1.82) is 0 Å². The van der Waals surface area contributed by atoms with E-state index in [1.807, 2.05) is 0 Å². The van der Waals surface area contributed by atoms with Gasteiger partial charge in [0, 0.05) is 31.0 Å². The highest BCUT2D eigenvalue weighted by Crippen LogP contribution is 2.23. The largest absolute Gasteiger partial charge is 0.356 e. The van der Waals surface area contributed by atoms with Crippen molar-refractivity contribution in [2.45, 2.75) is 26.3 Å². The summed E-state index contributed by atoms with van der Waals surface area (Å²) in [6.07, 6.45) is 2.26. The van der Waals surface area contributed by atoms with Gasteiger partial charge in [0.2, 0.25) is 5.91 Å². The average Bonchev–Trinajstić information content (AvgIpc) is 2.41. The number of hydrogen-bond donors (Lipinski definition) is 1. The van der Waals surface area contributed by atoms with Gasteiger partial charge in [-0.05, 0) is 49.1 Å². The number of rotatable bonds is 4. The Labute approximate surface area is 127 Å². The number of hydrogen-bond acceptors (Lipinski definition) is 2. The smallest absolute Gasteiger partial charge is 0.216 e. The molecule has 1 N–H and O–H groups in total. The zero-order valence-electron chi connectivity index (χ0n) is 11.7. The molecule has 0 aliphatic carbocycles.